The van der Waals surface area contributed by atoms with Crippen molar-refractivity contribution in [3.63, 3.8) is 0 Å². The van der Waals surface area contributed by atoms with Gasteiger partial charge in [0.05, 0.1) is 15.5 Å². The molecule has 1 saturated heterocycles. The van der Waals surface area contributed by atoms with Crippen LogP contribution in [-0.4, -0.2) is 54.0 Å². The molecule has 1 aromatic heterocycles. The highest BCUT2D eigenvalue weighted by Crippen LogP contribution is 2.25. The van der Waals surface area contributed by atoms with Crippen molar-refractivity contribution in [3.8, 4) is 11.3 Å². The molecule has 0 saturated carbocycles. The topological polar surface area (TPSA) is 110 Å². The molecule has 3 aromatic rings. The second-order valence-corrected chi connectivity index (χ2v) is 9.68. The number of aromatic nitrogens is 2. The largest absolute Gasteiger partial charge is 0.352 e. The van der Waals surface area contributed by atoms with Crippen LogP contribution in [0.5, 0.6) is 0 Å². The van der Waals surface area contributed by atoms with Gasteiger partial charge in [0.25, 0.3) is 5.69 Å². The lowest BCUT2D eigenvalue weighted by Gasteiger charge is -2.34. The molecule has 4 rings (SSSR count). The normalized spacial score (nSPS) is 15.0. The molecule has 10 heteroatoms. The highest BCUT2D eigenvalue weighted by atomic mass is 32.2. The predicted molar refractivity (Wildman–Crippen MR) is 121 cm³/mol. The lowest BCUT2D eigenvalue weighted by molar-refractivity contribution is -0.384. The molecule has 0 unspecified atom stereocenters. The number of hydrogen-bond donors (Lipinski definition) is 0. The van der Waals surface area contributed by atoms with E-state index in [2.05, 4.69) is 16.3 Å². The number of rotatable bonds is 5. The smallest absolute Gasteiger partial charge is 0.269 e. The Balaban J connectivity index is 1.43. The zero-order chi connectivity index (χ0) is 22.9. The maximum atomic E-state index is 12.9. The zero-order valence-corrected chi connectivity index (χ0v) is 18.6. The van der Waals surface area contributed by atoms with Gasteiger partial charge in [0.1, 0.15) is 0 Å². The van der Waals surface area contributed by atoms with Crippen LogP contribution in [0.2, 0.25) is 0 Å². The van der Waals surface area contributed by atoms with Crippen molar-refractivity contribution in [1.82, 2.24) is 14.5 Å². The minimum absolute atomic E-state index is 0.0502. The molecule has 0 aliphatic carbocycles. The van der Waals surface area contributed by atoms with Gasteiger partial charge < -0.3 is 4.90 Å². The van der Waals surface area contributed by atoms with Crippen molar-refractivity contribution >= 4 is 21.5 Å². The average Bonchev–Trinajstić information content (AvgIpc) is 2.79. The van der Waals surface area contributed by atoms with E-state index >= 15 is 0 Å². The molecular weight excluding hydrogens is 430 g/mol. The zero-order valence-electron chi connectivity index (χ0n) is 17.8. The van der Waals surface area contributed by atoms with E-state index in [0.717, 1.165) is 16.8 Å². The van der Waals surface area contributed by atoms with Crippen molar-refractivity contribution in [2.24, 2.45) is 0 Å². The number of nitro benzene ring substituents is 1. The number of hydrogen-bond acceptors (Lipinski definition) is 7. The van der Waals surface area contributed by atoms with E-state index in [1.54, 1.807) is 0 Å². The van der Waals surface area contributed by atoms with Crippen molar-refractivity contribution in [2.75, 3.05) is 31.1 Å². The molecule has 9 nitrogen and oxygen atoms in total. The van der Waals surface area contributed by atoms with Crippen LogP contribution < -0.4 is 4.90 Å². The summed E-state index contributed by atoms with van der Waals surface area (Å²) in [6.45, 7) is 5.63. The Morgan fingerprint density at radius 3 is 2.16 bits per heavy atom. The van der Waals surface area contributed by atoms with E-state index in [1.807, 2.05) is 43.0 Å². The summed E-state index contributed by atoms with van der Waals surface area (Å²) in [4.78, 5) is 12.3. The van der Waals surface area contributed by atoms with E-state index in [4.69, 9.17) is 0 Å². The van der Waals surface area contributed by atoms with Crippen LogP contribution in [0.15, 0.2) is 59.5 Å². The van der Waals surface area contributed by atoms with Crippen molar-refractivity contribution in [1.29, 1.82) is 0 Å². The van der Waals surface area contributed by atoms with Gasteiger partial charge in [0.2, 0.25) is 10.0 Å². The first-order valence-corrected chi connectivity index (χ1v) is 11.6. The van der Waals surface area contributed by atoms with Crippen LogP contribution in [0.4, 0.5) is 11.5 Å². The summed E-state index contributed by atoms with van der Waals surface area (Å²) in [6, 6.07) is 15.0. The average molecular weight is 454 g/mol. The molecule has 1 fully saturated rings. The quantitative estimate of drug-likeness (QED) is 0.431. The fourth-order valence-electron chi connectivity index (χ4n) is 3.78. The molecule has 32 heavy (non-hydrogen) atoms. The molecule has 0 bridgehead atoms. The minimum Gasteiger partial charge on any atom is -0.352 e. The van der Waals surface area contributed by atoms with Crippen molar-refractivity contribution in [2.45, 2.75) is 18.7 Å². The highest BCUT2D eigenvalue weighted by Gasteiger charge is 2.29. The van der Waals surface area contributed by atoms with E-state index in [9.17, 15) is 18.5 Å². The summed E-state index contributed by atoms with van der Waals surface area (Å²) in [6.07, 6.45) is 0. The van der Waals surface area contributed by atoms with Crippen LogP contribution in [0.1, 0.15) is 11.1 Å². The molecule has 1 aliphatic heterocycles. The third-order valence-corrected chi connectivity index (χ3v) is 7.47. The Morgan fingerprint density at radius 2 is 1.59 bits per heavy atom. The molecule has 0 N–H and O–H groups in total. The number of nitro groups is 1. The molecule has 2 aromatic carbocycles. The van der Waals surface area contributed by atoms with Crippen LogP contribution in [0.3, 0.4) is 0 Å². The SMILES string of the molecule is Cc1ccc(-c2ccc(N3CCN(S(=O)(=O)c4ccc([N+](=O)[O-])cc4)CC3)nn2)c(C)c1. The van der Waals surface area contributed by atoms with Gasteiger partial charge in [-0.15, -0.1) is 10.2 Å². The Kier molecular flexibility index (Phi) is 5.90. The van der Waals surface area contributed by atoms with Crippen LogP contribution in [0, 0.1) is 24.0 Å². The number of piperazine rings is 1. The molecule has 0 amide bonds. The van der Waals surface area contributed by atoms with Gasteiger partial charge >= 0.3 is 0 Å². The third kappa shape index (κ3) is 4.32. The van der Waals surface area contributed by atoms with Gasteiger partial charge in [-0.3, -0.25) is 10.1 Å². The second kappa shape index (κ2) is 8.64. The van der Waals surface area contributed by atoms with Crippen molar-refractivity contribution in [3.05, 3.63) is 75.8 Å². The number of sulfonamides is 1. The minimum atomic E-state index is -3.71. The fourth-order valence-corrected chi connectivity index (χ4v) is 5.21. The van der Waals surface area contributed by atoms with E-state index in [-0.39, 0.29) is 10.6 Å². The molecule has 0 spiro atoms. The number of aryl methyl sites for hydroxylation is 2. The summed E-state index contributed by atoms with van der Waals surface area (Å²) in [5.41, 5.74) is 4.02. The van der Waals surface area contributed by atoms with Crippen LogP contribution in [-0.2, 0) is 10.0 Å². The van der Waals surface area contributed by atoms with E-state index < -0.39 is 14.9 Å². The second-order valence-electron chi connectivity index (χ2n) is 7.74. The molecule has 0 atom stereocenters. The molecular formula is C22H23N5O4S. The first kappa shape index (κ1) is 21.8. The van der Waals surface area contributed by atoms with Gasteiger partial charge in [0.15, 0.2) is 5.82 Å². The summed E-state index contributed by atoms with van der Waals surface area (Å²) >= 11 is 0. The first-order valence-electron chi connectivity index (χ1n) is 10.2. The van der Waals surface area contributed by atoms with Gasteiger partial charge in [-0.05, 0) is 43.7 Å². The number of nitrogens with zero attached hydrogens (tertiary/aromatic N) is 5. The summed E-state index contributed by atoms with van der Waals surface area (Å²) in [5.74, 6) is 0.700. The lowest BCUT2D eigenvalue weighted by atomic mass is 10.0. The Hall–Kier alpha value is -3.37. The molecule has 1 aliphatic rings. The number of benzene rings is 2. The standard InChI is InChI=1S/C22H23N5O4S/c1-16-3-8-20(17(2)15-16)21-9-10-22(24-23-21)25-11-13-26(14-12-25)32(30,31)19-6-4-18(5-7-19)27(28)29/h3-10,15H,11-14H2,1-2H3. The maximum Gasteiger partial charge on any atom is 0.269 e. The van der Waals surface area contributed by atoms with E-state index in [1.165, 1.54) is 34.1 Å². The number of anilines is 1. The third-order valence-electron chi connectivity index (χ3n) is 5.56. The van der Waals surface area contributed by atoms with E-state index in [0.29, 0.717) is 32.0 Å². The number of non-ortho nitro benzene ring substituents is 1. The summed E-state index contributed by atoms with van der Waals surface area (Å²) in [7, 11) is -3.71. The summed E-state index contributed by atoms with van der Waals surface area (Å²) < 4.78 is 27.1. The van der Waals surface area contributed by atoms with Crippen LogP contribution >= 0.6 is 0 Å². The fraction of sp³-hybridized carbons (Fsp3) is 0.273. The Labute approximate surface area is 186 Å². The van der Waals surface area contributed by atoms with Gasteiger partial charge in [-0.25, -0.2) is 8.42 Å². The molecule has 166 valence electrons. The predicted octanol–water partition coefficient (Wildman–Crippen LogP) is 3.18. The summed E-state index contributed by atoms with van der Waals surface area (Å²) in [5, 5.41) is 19.5. The van der Waals surface area contributed by atoms with Crippen molar-refractivity contribution < 1.29 is 13.3 Å². The van der Waals surface area contributed by atoms with Gasteiger partial charge in [-0.1, -0.05) is 23.8 Å². The Morgan fingerprint density at radius 1 is 0.906 bits per heavy atom. The molecule has 2 heterocycles. The molecule has 0 radical (unpaired) electrons. The lowest BCUT2D eigenvalue weighted by Crippen LogP contribution is -2.49. The Bertz CT molecular complexity index is 1240. The maximum absolute atomic E-state index is 12.9. The first-order chi connectivity index (χ1) is 15.3. The van der Waals surface area contributed by atoms with Gasteiger partial charge in [0, 0.05) is 43.9 Å². The van der Waals surface area contributed by atoms with Crippen LogP contribution in [0.25, 0.3) is 11.3 Å². The van der Waals surface area contributed by atoms with Gasteiger partial charge in [-0.2, -0.15) is 4.31 Å². The highest BCUT2D eigenvalue weighted by molar-refractivity contribution is 7.89. The monoisotopic (exact) mass is 453 g/mol.